The molecule has 0 saturated heterocycles. The molecule has 2 rings (SSSR count). The number of nitro benzene ring substituents is 1. The number of rotatable bonds is 6. The van der Waals surface area contributed by atoms with Crippen LogP contribution in [0.1, 0.15) is 21.5 Å². The Morgan fingerprint density at radius 3 is 2.44 bits per heavy atom. The predicted octanol–water partition coefficient (Wildman–Crippen LogP) is 2.84. The third-order valence-electron chi connectivity index (χ3n) is 3.42. The first-order valence-electron chi connectivity index (χ1n) is 7.07. The van der Waals surface area contributed by atoms with Crippen molar-refractivity contribution in [1.29, 1.82) is 5.26 Å². The second-order valence-corrected chi connectivity index (χ2v) is 4.83. The number of nitro groups is 1. The summed E-state index contributed by atoms with van der Waals surface area (Å²) in [5.74, 6) is -0.613. The van der Waals surface area contributed by atoms with Crippen molar-refractivity contribution in [3.63, 3.8) is 0 Å². The van der Waals surface area contributed by atoms with Crippen molar-refractivity contribution < 1.29 is 23.9 Å². The minimum atomic E-state index is -0.902. The molecule has 0 heterocycles. The summed E-state index contributed by atoms with van der Waals surface area (Å²) in [4.78, 5) is 22.8. The fourth-order valence-corrected chi connectivity index (χ4v) is 2.16. The molecule has 25 heavy (non-hydrogen) atoms. The zero-order valence-corrected chi connectivity index (χ0v) is 13.5. The van der Waals surface area contributed by atoms with E-state index in [1.807, 2.05) is 6.07 Å². The summed E-state index contributed by atoms with van der Waals surface area (Å²) in [6, 6.07) is 10.9. The summed E-state index contributed by atoms with van der Waals surface area (Å²) in [6.07, 6.45) is 0. The van der Waals surface area contributed by atoms with Gasteiger partial charge in [0.1, 0.15) is 12.2 Å². The summed E-state index contributed by atoms with van der Waals surface area (Å²) >= 11 is 0. The van der Waals surface area contributed by atoms with Crippen LogP contribution in [-0.2, 0) is 11.3 Å². The minimum Gasteiger partial charge on any atom is -0.493 e. The van der Waals surface area contributed by atoms with Crippen LogP contribution in [0.25, 0.3) is 0 Å². The van der Waals surface area contributed by atoms with E-state index < -0.39 is 16.6 Å². The Balaban J connectivity index is 2.32. The molecule has 128 valence electrons. The van der Waals surface area contributed by atoms with Crippen molar-refractivity contribution >= 4 is 11.7 Å². The van der Waals surface area contributed by atoms with Crippen molar-refractivity contribution in [2.24, 2.45) is 0 Å². The quantitative estimate of drug-likeness (QED) is 0.451. The van der Waals surface area contributed by atoms with Gasteiger partial charge in [-0.25, -0.2) is 4.79 Å². The normalized spacial score (nSPS) is 9.80. The van der Waals surface area contributed by atoms with E-state index >= 15 is 0 Å². The van der Waals surface area contributed by atoms with E-state index in [9.17, 15) is 14.9 Å². The number of carbonyl (C=O) groups excluding carboxylic acids is 1. The first kappa shape index (κ1) is 17.7. The molecule has 0 aliphatic rings. The minimum absolute atomic E-state index is 0.126. The Kier molecular flexibility index (Phi) is 5.53. The Labute approximate surface area is 143 Å². The highest BCUT2D eigenvalue weighted by Crippen LogP contribution is 2.34. The lowest BCUT2D eigenvalue weighted by Crippen LogP contribution is -2.10. The number of hydrogen-bond acceptors (Lipinski definition) is 7. The van der Waals surface area contributed by atoms with Crippen molar-refractivity contribution in [3.8, 4) is 17.6 Å². The summed E-state index contributed by atoms with van der Waals surface area (Å²) in [7, 11) is 2.68. The van der Waals surface area contributed by atoms with E-state index in [0.29, 0.717) is 11.1 Å². The van der Waals surface area contributed by atoms with Gasteiger partial charge in [0.05, 0.1) is 36.8 Å². The summed E-state index contributed by atoms with van der Waals surface area (Å²) in [6.45, 7) is -0.186. The van der Waals surface area contributed by atoms with Crippen molar-refractivity contribution in [2.45, 2.75) is 6.61 Å². The molecular weight excluding hydrogens is 328 g/mol. The molecule has 0 fully saturated rings. The molecule has 2 aromatic carbocycles. The number of esters is 1. The summed E-state index contributed by atoms with van der Waals surface area (Å²) in [5, 5.41) is 20.3. The highest BCUT2D eigenvalue weighted by molar-refractivity contribution is 5.95. The Bertz CT molecular complexity index is 857. The molecular formula is C17H14N2O6. The molecule has 0 amide bonds. The van der Waals surface area contributed by atoms with Gasteiger partial charge < -0.3 is 14.2 Å². The summed E-state index contributed by atoms with van der Waals surface area (Å²) in [5.41, 5.74) is 0.131. The highest BCUT2D eigenvalue weighted by Gasteiger charge is 2.25. The van der Waals surface area contributed by atoms with Gasteiger partial charge in [-0.15, -0.1) is 0 Å². The number of nitriles is 1. The smallest absolute Gasteiger partial charge is 0.345 e. The third kappa shape index (κ3) is 3.84. The van der Waals surface area contributed by atoms with Crippen LogP contribution in [0.4, 0.5) is 5.69 Å². The molecule has 0 atom stereocenters. The second kappa shape index (κ2) is 7.79. The van der Waals surface area contributed by atoms with Crippen LogP contribution in [-0.4, -0.2) is 25.1 Å². The van der Waals surface area contributed by atoms with Gasteiger partial charge in [0.15, 0.2) is 11.5 Å². The number of nitrogens with zero attached hydrogens (tertiary/aromatic N) is 2. The van der Waals surface area contributed by atoms with Crippen LogP contribution >= 0.6 is 0 Å². The van der Waals surface area contributed by atoms with Crippen molar-refractivity contribution in [1.82, 2.24) is 0 Å². The van der Waals surface area contributed by atoms with Crippen molar-refractivity contribution in [2.75, 3.05) is 14.2 Å². The average molecular weight is 342 g/mol. The predicted molar refractivity (Wildman–Crippen MR) is 86.5 cm³/mol. The standard InChI is InChI=1S/C17H14N2O6/c1-23-15-7-13(14(19(21)22)8-16(15)24-2)17(20)25-10-12-6-4-3-5-11(12)9-18/h3-8H,10H2,1-2H3. The molecule has 0 bridgehead atoms. The first-order valence-corrected chi connectivity index (χ1v) is 7.07. The number of hydrogen-bond donors (Lipinski definition) is 0. The molecule has 0 unspecified atom stereocenters. The molecule has 0 aliphatic heterocycles. The van der Waals surface area contributed by atoms with Crippen LogP contribution in [0.5, 0.6) is 11.5 Å². The van der Waals surface area contributed by atoms with Gasteiger partial charge in [0, 0.05) is 11.6 Å². The van der Waals surface area contributed by atoms with Gasteiger partial charge in [0.25, 0.3) is 5.69 Å². The highest BCUT2D eigenvalue weighted by atomic mass is 16.6. The lowest BCUT2D eigenvalue weighted by atomic mass is 10.1. The van der Waals surface area contributed by atoms with Crippen LogP contribution in [0.15, 0.2) is 36.4 Å². The van der Waals surface area contributed by atoms with Gasteiger partial charge in [-0.1, -0.05) is 18.2 Å². The molecule has 8 heteroatoms. The van der Waals surface area contributed by atoms with E-state index in [1.165, 1.54) is 20.3 Å². The fraction of sp³-hybridized carbons (Fsp3) is 0.176. The van der Waals surface area contributed by atoms with Gasteiger partial charge in [-0.05, 0) is 6.07 Å². The van der Waals surface area contributed by atoms with E-state index in [4.69, 9.17) is 19.5 Å². The zero-order chi connectivity index (χ0) is 18.4. The maximum Gasteiger partial charge on any atom is 0.345 e. The largest absolute Gasteiger partial charge is 0.493 e. The Morgan fingerprint density at radius 1 is 1.20 bits per heavy atom. The van der Waals surface area contributed by atoms with Gasteiger partial charge in [-0.3, -0.25) is 10.1 Å². The molecule has 0 spiro atoms. The van der Waals surface area contributed by atoms with E-state index in [0.717, 1.165) is 6.07 Å². The lowest BCUT2D eigenvalue weighted by Gasteiger charge is -2.11. The Hall–Kier alpha value is -3.60. The molecule has 0 aromatic heterocycles. The summed E-state index contributed by atoms with van der Waals surface area (Å²) < 4.78 is 15.2. The van der Waals surface area contributed by atoms with Crippen LogP contribution in [0.2, 0.25) is 0 Å². The van der Waals surface area contributed by atoms with Crippen LogP contribution in [0, 0.1) is 21.4 Å². The molecule has 2 aromatic rings. The SMILES string of the molecule is COc1cc(C(=O)OCc2ccccc2C#N)c([N+](=O)[O-])cc1OC. The van der Waals surface area contributed by atoms with Gasteiger partial charge in [-0.2, -0.15) is 5.26 Å². The van der Waals surface area contributed by atoms with Gasteiger partial charge >= 0.3 is 5.97 Å². The van der Waals surface area contributed by atoms with E-state index in [2.05, 4.69) is 0 Å². The average Bonchev–Trinajstić information content (AvgIpc) is 2.64. The number of ether oxygens (including phenoxy) is 3. The van der Waals surface area contributed by atoms with Crippen LogP contribution < -0.4 is 9.47 Å². The van der Waals surface area contributed by atoms with Crippen LogP contribution in [0.3, 0.4) is 0 Å². The molecule has 0 aliphatic carbocycles. The zero-order valence-electron chi connectivity index (χ0n) is 13.5. The third-order valence-corrected chi connectivity index (χ3v) is 3.42. The van der Waals surface area contributed by atoms with Gasteiger partial charge in [0.2, 0.25) is 0 Å². The van der Waals surface area contributed by atoms with Crippen molar-refractivity contribution in [3.05, 3.63) is 63.2 Å². The molecule has 0 N–H and O–H groups in total. The lowest BCUT2D eigenvalue weighted by molar-refractivity contribution is -0.385. The fourth-order valence-electron chi connectivity index (χ4n) is 2.16. The topological polar surface area (TPSA) is 112 Å². The first-order chi connectivity index (χ1) is 12.0. The molecule has 0 saturated carbocycles. The number of methoxy groups -OCH3 is 2. The second-order valence-electron chi connectivity index (χ2n) is 4.83. The number of carbonyl (C=O) groups is 1. The van der Waals surface area contributed by atoms with E-state index in [-0.39, 0.29) is 23.7 Å². The maximum absolute atomic E-state index is 12.3. The monoisotopic (exact) mass is 342 g/mol. The number of benzene rings is 2. The van der Waals surface area contributed by atoms with E-state index in [1.54, 1.807) is 24.3 Å². The maximum atomic E-state index is 12.3. The molecule has 8 nitrogen and oxygen atoms in total. The Morgan fingerprint density at radius 2 is 1.84 bits per heavy atom. The molecule has 0 radical (unpaired) electrons.